The van der Waals surface area contributed by atoms with Gasteiger partial charge in [-0.3, -0.25) is 9.56 Å². The number of fused-ring (bicyclic) bond motifs is 3. The first kappa shape index (κ1) is 16.5. The molecule has 1 aliphatic rings. The Kier molecular flexibility index (Phi) is 4.31. The molecular formula is C20H17ClN4O. The molecule has 2 heterocycles. The van der Waals surface area contributed by atoms with Crippen LogP contribution in [-0.4, -0.2) is 20.5 Å². The predicted molar refractivity (Wildman–Crippen MR) is 102 cm³/mol. The first-order chi connectivity index (χ1) is 12.6. The smallest absolute Gasteiger partial charge is 0.175 e. The molecule has 1 aromatic heterocycles. The van der Waals surface area contributed by atoms with Gasteiger partial charge in [-0.1, -0.05) is 54.6 Å². The number of allylic oxidation sites excluding steroid dienone is 1. The zero-order valence-electron chi connectivity index (χ0n) is 14.3. The summed E-state index contributed by atoms with van der Waals surface area (Å²) in [5.41, 5.74) is 3.70. The fourth-order valence-corrected chi connectivity index (χ4v) is 3.23. The fraction of sp³-hybridized carbons (Fsp3) is 0.150. The largest absolute Gasteiger partial charge is 0.491 e. The molecule has 0 saturated carbocycles. The second-order valence-corrected chi connectivity index (χ2v) is 6.43. The van der Waals surface area contributed by atoms with E-state index in [-0.39, 0.29) is 0 Å². The van der Waals surface area contributed by atoms with Gasteiger partial charge in [-0.2, -0.15) is 0 Å². The summed E-state index contributed by atoms with van der Waals surface area (Å²) in [7, 11) is 0. The highest BCUT2D eigenvalue weighted by atomic mass is 35.5. The van der Waals surface area contributed by atoms with Gasteiger partial charge in [0, 0.05) is 16.1 Å². The molecule has 3 aromatic rings. The minimum atomic E-state index is 0.304. The summed E-state index contributed by atoms with van der Waals surface area (Å²) in [6, 6.07) is 15.8. The van der Waals surface area contributed by atoms with Gasteiger partial charge in [0.2, 0.25) is 0 Å². The van der Waals surface area contributed by atoms with Crippen LogP contribution in [0, 0.1) is 0 Å². The van der Waals surface area contributed by atoms with Gasteiger partial charge in [0.25, 0.3) is 0 Å². The topological polar surface area (TPSA) is 52.3 Å². The first-order valence-electron chi connectivity index (χ1n) is 8.26. The molecule has 0 spiro atoms. The number of nitrogens with zero attached hydrogens (tertiary/aromatic N) is 4. The molecule has 0 saturated heterocycles. The molecule has 1 aliphatic heterocycles. The summed E-state index contributed by atoms with van der Waals surface area (Å²) >= 11 is 6.43. The maximum Gasteiger partial charge on any atom is 0.175 e. The van der Waals surface area contributed by atoms with Crippen LogP contribution in [0.5, 0.6) is 0 Å². The van der Waals surface area contributed by atoms with Crippen LogP contribution in [0.2, 0.25) is 5.02 Å². The third-order valence-electron chi connectivity index (χ3n) is 4.15. The number of para-hydroxylation sites is 1. The Labute approximate surface area is 156 Å². The van der Waals surface area contributed by atoms with E-state index in [0.717, 1.165) is 28.4 Å². The Bertz CT molecular complexity index is 1020. The van der Waals surface area contributed by atoms with Crippen molar-refractivity contribution >= 4 is 17.3 Å². The molecule has 2 aromatic carbocycles. The van der Waals surface area contributed by atoms with E-state index >= 15 is 0 Å². The number of ether oxygens (including phenoxy) is 1. The van der Waals surface area contributed by atoms with Crippen LogP contribution in [0.25, 0.3) is 5.69 Å². The van der Waals surface area contributed by atoms with Crippen molar-refractivity contribution in [1.29, 1.82) is 0 Å². The van der Waals surface area contributed by atoms with Gasteiger partial charge in [-0.15, -0.1) is 10.2 Å². The van der Waals surface area contributed by atoms with Crippen molar-refractivity contribution < 1.29 is 4.74 Å². The van der Waals surface area contributed by atoms with Gasteiger partial charge < -0.3 is 4.74 Å². The molecule has 0 aliphatic carbocycles. The van der Waals surface area contributed by atoms with Crippen molar-refractivity contribution in [1.82, 2.24) is 14.8 Å². The molecule has 130 valence electrons. The highest BCUT2D eigenvalue weighted by molar-refractivity contribution is 6.35. The van der Waals surface area contributed by atoms with Crippen LogP contribution in [-0.2, 0) is 17.9 Å². The molecule has 0 amide bonds. The monoisotopic (exact) mass is 364 g/mol. The van der Waals surface area contributed by atoms with E-state index in [9.17, 15) is 0 Å². The maximum absolute atomic E-state index is 6.43. The second-order valence-electron chi connectivity index (χ2n) is 6.02. The van der Waals surface area contributed by atoms with E-state index in [0.29, 0.717) is 29.8 Å². The van der Waals surface area contributed by atoms with Gasteiger partial charge in [-0.25, -0.2) is 0 Å². The van der Waals surface area contributed by atoms with Crippen LogP contribution in [0.1, 0.15) is 29.7 Å². The van der Waals surface area contributed by atoms with Gasteiger partial charge in [0.05, 0.1) is 17.2 Å². The van der Waals surface area contributed by atoms with Crippen LogP contribution in [0.3, 0.4) is 0 Å². The van der Waals surface area contributed by atoms with Crippen molar-refractivity contribution in [2.24, 2.45) is 4.99 Å². The Morgan fingerprint density at radius 2 is 1.85 bits per heavy atom. The highest BCUT2D eigenvalue weighted by Crippen LogP contribution is 2.28. The molecule has 26 heavy (non-hydrogen) atoms. The van der Waals surface area contributed by atoms with Crippen molar-refractivity contribution in [2.45, 2.75) is 20.1 Å². The number of halogens is 1. The fourth-order valence-electron chi connectivity index (χ4n) is 3.00. The predicted octanol–water partition coefficient (Wildman–Crippen LogP) is 4.32. The van der Waals surface area contributed by atoms with E-state index in [4.69, 9.17) is 21.3 Å². The zero-order chi connectivity index (χ0) is 18.1. The van der Waals surface area contributed by atoms with E-state index < -0.39 is 0 Å². The summed E-state index contributed by atoms with van der Waals surface area (Å²) in [5.74, 6) is 2.11. The molecule has 0 atom stereocenters. The first-order valence-corrected chi connectivity index (χ1v) is 8.63. The van der Waals surface area contributed by atoms with E-state index in [1.165, 1.54) is 0 Å². The number of hydrogen-bond acceptors (Lipinski definition) is 4. The summed E-state index contributed by atoms with van der Waals surface area (Å²) in [4.78, 5) is 4.80. The second kappa shape index (κ2) is 6.77. The van der Waals surface area contributed by atoms with Crippen molar-refractivity contribution in [3.05, 3.63) is 88.7 Å². The standard InChI is InChI=1S/C20H17ClN4O/c1-13(2)26-12-19-24-23-18-11-22-20(14-7-3-5-9-16(14)21)15-8-4-6-10-17(15)25(18)19/h3-10H,1,11-12H2,2H3. The molecule has 6 heteroatoms. The number of hydrogen-bond donors (Lipinski definition) is 0. The van der Waals surface area contributed by atoms with Crippen molar-refractivity contribution in [3.63, 3.8) is 0 Å². The molecule has 0 bridgehead atoms. The quantitative estimate of drug-likeness (QED) is 0.648. The maximum atomic E-state index is 6.43. The molecule has 4 rings (SSSR count). The highest BCUT2D eigenvalue weighted by Gasteiger charge is 2.23. The molecular weight excluding hydrogens is 348 g/mol. The van der Waals surface area contributed by atoms with Crippen molar-refractivity contribution in [3.8, 4) is 5.69 Å². The Hall–Kier alpha value is -2.92. The molecule has 5 nitrogen and oxygen atoms in total. The zero-order valence-corrected chi connectivity index (χ0v) is 15.1. The van der Waals surface area contributed by atoms with E-state index in [2.05, 4.69) is 16.8 Å². The van der Waals surface area contributed by atoms with Crippen LogP contribution >= 0.6 is 11.6 Å². The minimum Gasteiger partial charge on any atom is -0.491 e. The Morgan fingerprint density at radius 3 is 2.62 bits per heavy atom. The lowest BCUT2D eigenvalue weighted by molar-refractivity contribution is 0.193. The summed E-state index contributed by atoms with van der Waals surface area (Å²) < 4.78 is 7.57. The van der Waals surface area contributed by atoms with Crippen LogP contribution in [0.15, 0.2) is 65.9 Å². The third-order valence-corrected chi connectivity index (χ3v) is 4.48. The van der Waals surface area contributed by atoms with Gasteiger partial charge >= 0.3 is 0 Å². The molecule has 0 fully saturated rings. The third kappa shape index (κ3) is 2.91. The van der Waals surface area contributed by atoms with Crippen LogP contribution in [0.4, 0.5) is 0 Å². The molecule has 0 unspecified atom stereocenters. The SMILES string of the molecule is C=C(C)OCc1nnc2n1-c1ccccc1C(c1ccccc1Cl)=NC2. The van der Waals surface area contributed by atoms with Crippen LogP contribution < -0.4 is 0 Å². The number of aliphatic imine (C=N–C) groups is 1. The Morgan fingerprint density at radius 1 is 1.12 bits per heavy atom. The van der Waals surface area contributed by atoms with E-state index in [1.807, 2.05) is 60.0 Å². The number of aromatic nitrogens is 3. The average Bonchev–Trinajstić information content (AvgIpc) is 2.97. The Balaban J connectivity index is 1.87. The summed E-state index contributed by atoms with van der Waals surface area (Å²) in [6.07, 6.45) is 0. The van der Waals surface area contributed by atoms with Gasteiger partial charge in [0.1, 0.15) is 13.2 Å². The van der Waals surface area contributed by atoms with Gasteiger partial charge in [0.15, 0.2) is 11.6 Å². The molecule has 0 N–H and O–H groups in total. The average molecular weight is 365 g/mol. The number of rotatable bonds is 4. The van der Waals surface area contributed by atoms with E-state index in [1.54, 1.807) is 0 Å². The number of benzene rings is 2. The minimum absolute atomic E-state index is 0.304. The van der Waals surface area contributed by atoms with Crippen molar-refractivity contribution in [2.75, 3.05) is 0 Å². The molecule has 0 radical (unpaired) electrons. The summed E-state index contributed by atoms with van der Waals surface area (Å²) in [6.45, 7) is 6.30. The van der Waals surface area contributed by atoms with Gasteiger partial charge in [-0.05, 0) is 19.1 Å². The normalized spacial score (nSPS) is 12.6. The lowest BCUT2D eigenvalue weighted by Gasteiger charge is -2.14. The summed E-state index contributed by atoms with van der Waals surface area (Å²) in [5, 5.41) is 9.26. The lowest BCUT2D eigenvalue weighted by atomic mass is 10.0. The lowest BCUT2D eigenvalue weighted by Crippen LogP contribution is -2.10.